The monoisotopic (exact) mass is 1160 g/mol. The molecule has 2 unspecified atom stereocenters. The summed E-state index contributed by atoms with van der Waals surface area (Å²) in [6.07, 6.45) is 3.14. The maximum atomic E-state index is 13.5. The van der Waals surface area contributed by atoms with E-state index in [1.807, 2.05) is 12.1 Å². The van der Waals surface area contributed by atoms with Gasteiger partial charge in [-0.05, 0) is 80.8 Å². The zero-order valence-electron chi connectivity index (χ0n) is 44.2. The van der Waals surface area contributed by atoms with E-state index in [0.29, 0.717) is 12.8 Å². The first-order valence-corrected chi connectivity index (χ1v) is 28.7. The number of amides is 4. The van der Waals surface area contributed by atoms with E-state index in [0.717, 1.165) is 36.5 Å². The van der Waals surface area contributed by atoms with E-state index in [1.54, 1.807) is 9.80 Å². The summed E-state index contributed by atoms with van der Waals surface area (Å²) < 4.78 is 68.3. The van der Waals surface area contributed by atoms with E-state index in [-0.39, 0.29) is 120 Å². The SMILES string of the molecule is Cc1cc(OCCCC(=O)NCCNC(=O)C(CS(=O)(=O)O)NC(=O)CN2CCN(CC(=O)O)CCN(CC(=O)O)CCN(CC(=O)O)CC2)cc(C)c1S(=O)(=O)NC(CNC(=O)CCCc1ccc2c(n1)NCCC2)C(=O)O. The number of aliphatic carboxylic acids is 4. The second-order valence-corrected chi connectivity index (χ2v) is 22.3. The molecule has 2 atom stereocenters. The number of carboxylic acids is 4. The van der Waals surface area contributed by atoms with Crippen molar-refractivity contribution in [2.24, 2.45) is 0 Å². The van der Waals surface area contributed by atoms with Crippen LogP contribution in [-0.4, -0.2) is 243 Å². The molecular formula is C48H73N11O18S2. The van der Waals surface area contributed by atoms with Crippen LogP contribution in [-0.2, 0) is 71.3 Å². The summed E-state index contributed by atoms with van der Waals surface area (Å²) in [5, 5.41) is 51.2. The standard InChI is InChI=1S/C48H73N11O18S2/c1-32-24-36(25-33(2)45(32)79(75,76)55-37(48(70)71)26-52-40(61)8-3-7-35-11-10-34-6-4-12-50-46(34)53-35)77-23-5-9-39(60)49-13-14-51-47(69)38(31-78(72,73)74)54-41(62)27-56-15-17-57(28-42(63)64)19-21-59(30-44(67)68)22-20-58(18-16-56)29-43(65)66/h10-11,24-25,37-38,55H,3-9,12-23,26-31H2,1-2H3,(H,49,60)(H,50,53)(H,51,69)(H,52,61)(H,54,62)(H,63,64)(H,65,66)(H,67,68)(H,70,71)(H,72,73,74). The third-order valence-corrected chi connectivity index (χ3v) is 15.1. The number of rotatable bonds is 30. The van der Waals surface area contributed by atoms with Gasteiger partial charge in [-0.25, -0.2) is 13.4 Å². The Morgan fingerprint density at radius 3 is 1.73 bits per heavy atom. The van der Waals surface area contributed by atoms with E-state index < -0.39 is 112 Å². The molecule has 3 heterocycles. The number of carbonyl (C=O) groups excluding carboxylic acids is 4. The Bertz CT molecular complexity index is 2640. The van der Waals surface area contributed by atoms with Crippen LogP contribution in [0.3, 0.4) is 0 Å². The van der Waals surface area contributed by atoms with Gasteiger partial charge in [0.1, 0.15) is 29.4 Å². The van der Waals surface area contributed by atoms with Crippen molar-refractivity contribution in [1.29, 1.82) is 0 Å². The van der Waals surface area contributed by atoms with Crippen LogP contribution in [0.1, 0.15) is 54.5 Å². The average Bonchev–Trinajstić information content (AvgIpc) is 3.36. The number of carbonyl (C=O) groups is 8. The van der Waals surface area contributed by atoms with Crippen LogP contribution in [0, 0.1) is 13.8 Å². The van der Waals surface area contributed by atoms with E-state index >= 15 is 0 Å². The quantitative estimate of drug-likeness (QED) is 0.0277. The first-order chi connectivity index (χ1) is 37.3. The van der Waals surface area contributed by atoms with Crippen LogP contribution in [0.5, 0.6) is 5.75 Å². The average molecular weight is 1160 g/mol. The second kappa shape index (κ2) is 31.8. The molecule has 2 aliphatic rings. The molecule has 0 saturated carbocycles. The number of aromatic nitrogens is 1. The summed E-state index contributed by atoms with van der Waals surface area (Å²) in [5.74, 6) is -7.83. The summed E-state index contributed by atoms with van der Waals surface area (Å²) >= 11 is 0. The van der Waals surface area contributed by atoms with Crippen molar-refractivity contribution in [2.45, 2.75) is 75.8 Å². The van der Waals surface area contributed by atoms with Gasteiger partial charge in [-0.2, -0.15) is 13.1 Å². The smallest absolute Gasteiger partial charge is 0.323 e. The Morgan fingerprint density at radius 1 is 0.684 bits per heavy atom. The Labute approximate surface area is 458 Å². The molecule has 440 valence electrons. The number of nitrogens with zero attached hydrogens (tertiary/aromatic N) is 5. The lowest BCUT2D eigenvalue weighted by Gasteiger charge is -2.33. The van der Waals surface area contributed by atoms with Gasteiger partial charge in [0.25, 0.3) is 10.1 Å². The van der Waals surface area contributed by atoms with Crippen molar-refractivity contribution in [3.05, 3.63) is 46.6 Å². The van der Waals surface area contributed by atoms with Crippen LogP contribution in [0.25, 0.3) is 0 Å². The summed E-state index contributed by atoms with van der Waals surface area (Å²) in [4.78, 5) is 109. The number of ether oxygens (including phenoxy) is 1. The number of nitrogens with one attached hydrogen (secondary N) is 6. The first-order valence-electron chi connectivity index (χ1n) is 25.6. The number of anilines is 1. The second-order valence-electron chi connectivity index (χ2n) is 19.1. The Kier molecular flexibility index (Phi) is 26.2. The molecule has 0 aliphatic carbocycles. The topological polar surface area (TPSA) is 413 Å². The lowest BCUT2D eigenvalue weighted by Crippen LogP contribution is -2.54. The van der Waals surface area contributed by atoms with Crippen molar-refractivity contribution in [3.63, 3.8) is 0 Å². The minimum Gasteiger partial charge on any atom is -0.494 e. The molecule has 0 radical (unpaired) electrons. The minimum absolute atomic E-state index is 0.0121. The number of fused-ring (bicyclic) bond motifs is 1. The van der Waals surface area contributed by atoms with Crippen LogP contribution < -0.4 is 36.0 Å². The van der Waals surface area contributed by atoms with Crippen molar-refractivity contribution in [1.82, 2.24) is 50.6 Å². The largest absolute Gasteiger partial charge is 0.494 e. The number of aryl methyl sites for hydroxylation is 4. The fourth-order valence-electron chi connectivity index (χ4n) is 8.73. The Balaban J connectivity index is 1.21. The van der Waals surface area contributed by atoms with Crippen LogP contribution in [0.2, 0.25) is 0 Å². The molecule has 11 N–H and O–H groups in total. The third-order valence-electron chi connectivity index (χ3n) is 12.6. The molecule has 1 saturated heterocycles. The molecule has 4 rings (SSSR count). The normalized spacial score (nSPS) is 16.1. The highest BCUT2D eigenvalue weighted by Gasteiger charge is 2.30. The molecule has 4 amide bonds. The summed E-state index contributed by atoms with van der Waals surface area (Å²) in [6, 6.07) is 3.32. The maximum Gasteiger partial charge on any atom is 0.323 e. The zero-order chi connectivity index (χ0) is 58.3. The number of pyridine rings is 1. The van der Waals surface area contributed by atoms with Gasteiger partial charge in [0.2, 0.25) is 33.7 Å². The number of benzene rings is 1. The molecule has 0 spiro atoms. The van der Waals surface area contributed by atoms with Gasteiger partial charge in [0, 0.05) is 97.1 Å². The summed E-state index contributed by atoms with van der Waals surface area (Å²) in [5.41, 5.74) is 2.42. The molecule has 2 aromatic rings. The molecule has 2 aliphatic heterocycles. The first kappa shape index (κ1) is 64.9. The molecule has 1 fully saturated rings. The van der Waals surface area contributed by atoms with E-state index in [9.17, 15) is 80.2 Å². The highest BCUT2D eigenvalue weighted by Crippen LogP contribution is 2.26. The van der Waals surface area contributed by atoms with Gasteiger partial charge in [-0.3, -0.25) is 62.5 Å². The lowest BCUT2D eigenvalue weighted by molar-refractivity contribution is -0.140. The Morgan fingerprint density at radius 2 is 1.20 bits per heavy atom. The molecular weight excluding hydrogens is 1080 g/mol. The number of sulfonamides is 1. The minimum atomic E-state index is -4.84. The summed E-state index contributed by atoms with van der Waals surface area (Å²) in [6.45, 7) is 2.12. The van der Waals surface area contributed by atoms with Gasteiger partial charge in [-0.1, -0.05) is 6.07 Å². The molecule has 79 heavy (non-hydrogen) atoms. The highest BCUT2D eigenvalue weighted by atomic mass is 32.2. The van der Waals surface area contributed by atoms with Gasteiger partial charge in [-0.15, -0.1) is 0 Å². The highest BCUT2D eigenvalue weighted by molar-refractivity contribution is 7.89. The van der Waals surface area contributed by atoms with Gasteiger partial charge in [0.05, 0.1) is 37.7 Å². The number of hydrogen-bond acceptors (Lipinski definition) is 19. The van der Waals surface area contributed by atoms with Crippen molar-refractivity contribution >= 4 is 73.5 Å². The van der Waals surface area contributed by atoms with Crippen LogP contribution in [0.4, 0.5) is 5.82 Å². The molecule has 29 nitrogen and oxygen atoms in total. The molecule has 1 aromatic carbocycles. The van der Waals surface area contributed by atoms with E-state index in [1.165, 1.54) is 35.8 Å². The molecule has 31 heteroatoms. The van der Waals surface area contributed by atoms with Crippen LogP contribution in [0.15, 0.2) is 29.2 Å². The Hall–Kier alpha value is -6.61. The van der Waals surface area contributed by atoms with Crippen LogP contribution >= 0.6 is 0 Å². The van der Waals surface area contributed by atoms with Crippen molar-refractivity contribution < 1.29 is 84.9 Å². The molecule has 0 bridgehead atoms. The third kappa shape index (κ3) is 24.5. The predicted molar refractivity (Wildman–Crippen MR) is 282 cm³/mol. The fraction of sp³-hybridized carbons (Fsp3) is 0.604. The maximum absolute atomic E-state index is 13.5. The fourth-order valence-corrected chi connectivity index (χ4v) is 11.0. The van der Waals surface area contributed by atoms with E-state index in [4.69, 9.17) is 4.74 Å². The van der Waals surface area contributed by atoms with E-state index in [2.05, 4.69) is 36.3 Å². The lowest BCUT2D eigenvalue weighted by atomic mass is 10.1. The van der Waals surface area contributed by atoms with Gasteiger partial charge in [0.15, 0.2) is 0 Å². The van der Waals surface area contributed by atoms with Gasteiger partial charge >= 0.3 is 23.9 Å². The number of hydrogen-bond donors (Lipinski definition) is 11. The predicted octanol–water partition coefficient (Wildman–Crippen LogP) is -2.83. The van der Waals surface area contributed by atoms with Gasteiger partial charge < -0.3 is 51.7 Å². The van der Waals surface area contributed by atoms with Crippen molar-refractivity contribution in [3.8, 4) is 5.75 Å². The number of carboxylic acid groups (broad SMARTS) is 4. The molecule has 1 aromatic heterocycles. The zero-order valence-corrected chi connectivity index (χ0v) is 45.9. The summed E-state index contributed by atoms with van der Waals surface area (Å²) in [7, 11) is -9.25. The van der Waals surface area contributed by atoms with Crippen molar-refractivity contribution in [2.75, 3.05) is 122 Å².